The largest absolute Gasteiger partial charge is 0.309 e. The van der Waals surface area contributed by atoms with Crippen molar-refractivity contribution in [1.82, 2.24) is 19.5 Å². The number of aryl methyl sites for hydroxylation is 1. The van der Waals surface area contributed by atoms with Gasteiger partial charge in [-0.2, -0.15) is 10.4 Å². The molecule has 3 rings (SSSR count). The summed E-state index contributed by atoms with van der Waals surface area (Å²) >= 11 is 0. The first-order valence-corrected chi connectivity index (χ1v) is 7.69. The summed E-state index contributed by atoms with van der Waals surface area (Å²) in [4.78, 5) is 6.61. The van der Waals surface area contributed by atoms with Crippen LogP contribution in [0.5, 0.6) is 0 Å². The zero-order valence-electron chi connectivity index (χ0n) is 13.9. The number of pyridine rings is 1. The van der Waals surface area contributed by atoms with Gasteiger partial charge in [0.1, 0.15) is 17.4 Å². The van der Waals surface area contributed by atoms with E-state index >= 15 is 0 Å². The SMILES string of the molecule is Cc1cc(-c2ccc(F)cc2)c(C#N)c2nc(CCN(C)C)nn12. The zero-order chi connectivity index (χ0) is 17.3. The normalized spacial score (nSPS) is 11.2. The lowest BCUT2D eigenvalue weighted by atomic mass is 10.0. The first-order valence-electron chi connectivity index (χ1n) is 7.69. The zero-order valence-corrected chi connectivity index (χ0v) is 13.9. The Hall–Kier alpha value is -2.78. The first-order chi connectivity index (χ1) is 11.5. The molecule has 0 atom stereocenters. The number of nitriles is 1. The minimum atomic E-state index is -0.302. The van der Waals surface area contributed by atoms with E-state index < -0.39 is 0 Å². The third-order valence-corrected chi connectivity index (χ3v) is 3.88. The summed E-state index contributed by atoms with van der Waals surface area (Å²) < 4.78 is 14.9. The number of nitrogens with zero attached hydrogens (tertiary/aromatic N) is 5. The Morgan fingerprint density at radius 2 is 1.96 bits per heavy atom. The van der Waals surface area contributed by atoms with Gasteiger partial charge >= 0.3 is 0 Å². The highest BCUT2D eigenvalue weighted by Gasteiger charge is 2.16. The van der Waals surface area contributed by atoms with E-state index in [9.17, 15) is 9.65 Å². The van der Waals surface area contributed by atoms with Crippen molar-refractivity contribution in [3.05, 3.63) is 53.2 Å². The van der Waals surface area contributed by atoms with Gasteiger partial charge in [-0.3, -0.25) is 0 Å². The quantitative estimate of drug-likeness (QED) is 0.741. The fourth-order valence-corrected chi connectivity index (χ4v) is 2.62. The van der Waals surface area contributed by atoms with E-state index in [0.717, 1.165) is 23.4 Å². The van der Waals surface area contributed by atoms with Crippen molar-refractivity contribution in [1.29, 1.82) is 5.26 Å². The highest BCUT2D eigenvalue weighted by Crippen LogP contribution is 2.27. The van der Waals surface area contributed by atoms with Crippen molar-refractivity contribution in [3.63, 3.8) is 0 Å². The lowest BCUT2D eigenvalue weighted by molar-refractivity contribution is 0.409. The Labute approximate surface area is 140 Å². The van der Waals surface area contributed by atoms with E-state index in [1.165, 1.54) is 12.1 Å². The molecule has 0 amide bonds. The highest BCUT2D eigenvalue weighted by atomic mass is 19.1. The predicted molar refractivity (Wildman–Crippen MR) is 90.1 cm³/mol. The van der Waals surface area contributed by atoms with E-state index in [1.54, 1.807) is 16.6 Å². The van der Waals surface area contributed by atoms with Gasteiger partial charge in [0.15, 0.2) is 11.5 Å². The van der Waals surface area contributed by atoms with Crippen LogP contribution in [-0.4, -0.2) is 40.1 Å². The molecule has 0 saturated carbocycles. The maximum Gasteiger partial charge on any atom is 0.174 e. The van der Waals surface area contributed by atoms with E-state index in [2.05, 4.69) is 21.1 Å². The van der Waals surface area contributed by atoms with Crippen LogP contribution in [0.3, 0.4) is 0 Å². The van der Waals surface area contributed by atoms with Gasteiger partial charge in [0, 0.05) is 24.2 Å². The topological polar surface area (TPSA) is 57.2 Å². The summed E-state index contributed by atoms with van der Waals surface area (Å²) in [6.45, 7) is 2.76. The van der Waals surface area contributed by atoms with Crippen molar-refractivity contribution in [2.75, 3.05) is 20.6 Å². The molecule has 0 bridgehead atoms. The predicted octanol–water partition coefficient (Wildman–Crippen LogP) is 2.82. The van der Waals surface area contributed by atoms with E-state index in [0.29, 0.717) is 23.5 Å². The van der Waals surface area contributed by atoms with Gasteiger partial charge in [0.25, 0.3) is 0 Å². The average Bonchev–Trinajstić information content (AvgIpc) is 2.98. The van der Waals surface area contributed by atoms with Crippen molar-refractivity contribution in [2.45, 2.75) is 13.3 Å². The Bertz CT molecular complexity index is 919. The van der Waals surface area contributed by atoms with Crippen molar-refractivity contribution in [2.24, 2.45) is 0 Å². The van der Waals surface area contributed by atoms with Crippen LogP contribution in [0.1, 0.15) is 17.1 Å². The second-order valence-corrected chi connectivity index (χ2v) is 6.01. The summed E-state index contributed by atoms with van der Waals surface area (Å²) in [5, 5.41) is 14.1. The van der Waals surface area contributed by atoms with Crippen molar-refractivity contribution in [3.8, 4) is 17.2 Å². The smallest absolute Gasteiger partial charge is 0.174 e. The molecule has 122 valence electrons. The number of hydrogen-bond donors (Lipinski definition) is 0. The molecule has 0 radical (unpaired) electrons. The summed E-state index contributed by atoms with van der Waals surface area (Å²) in [5.74, 6) is 0.406. The van der Waals surface area contributed by atoms with Crippen LogP contribution >= 0.6 is 0 Å². The molecule has 0 aliphatic heterocycles. The molecule has 2 heterocycles. The summed E-state index contributed by atoms with van der Waals surface area (Å²) in [5.41, 5.74) is 3.42. The molecular weight excluding hydrogens is 305 g/mol. The van der Waals surface area contributed by atoms with Crippen molar-refractivity contribution < 1.29 is 4.39 Å². The molecule has 0 saturated heterocycles. The maximum absolute atomic E-state index is 13.2. The molecule has 0 fully saturated rings. The number of benzene rings is 1. The number of aromatic nitrogens is 3. The summed E-state index contributed by atoms with van der Waals surface area (Å²) in [6, 6.07) is 10.2. The fourth-order valence-electron chi connectivity index (χ4n) is 2.62. The lowest BCUT2D eigenvalue weighted by Gasteiger charge is -2.08. The number of fused-ring (bicyclic) bond motifs is 1. The number of hydrogen-bond acceptors (Lipinski definition) is 4. The van der Waals surface area contributed by atoms with Crippen LogP contribution in [0.25, 0.3) is 16.8 Å². The molecule has 1 aromatic carbocycles. The third-order valence-electron chi connectivity index (χ3n) is 3.88. The standard InChI is InChI=1S/C18H18FN5/c1-12-10-15(13-4-6-14(19)7-5-13)16(11-20)18-21-17(22-24(12)18)8-9-23(2)3/h4-7,10H,8-9H2,1-3H3. The molecule has 0 unspecified atom stereocenters. The minimum Gasteiger partial charge on any atom is -0.309 e. The van der Waals surface area contributed by atoms with Gasteiger partial charge in [-0.15, -0.1) is 0 Å². The molecule has 3 aromatic rings. The second kappa shape index (κ2) is 6.38. The van der Waals surface area contributed by atoms with Gasteiger partial charge in [-0.05, 0) is 44.8 Å². The van der Waals surface area contributed by atoms with Gasteiger partial charge in [0.05, 0.1) is 0 Å². The van der Waals surface area contributed by atoms with E-state index in [-0.39, 0.29) is 5.82 Å². The average molecular weight is 323 g/mol. The molecule has 2 aromatic heterocycles. The molecule has 0 aliphatic carbocycles. The fraction of sp³-hybridized carbons (Fsp3) is 0.278. The van der Waals surface area contributed by atoms with Crippen LogP contribution in [-0.2, 0) is 6.42 Å². The molecule has 6 heteroatoms. The lowest BCUT2D eigenvalue weighted by Crippen LogP contribution is -2.15. The van der Waals surface area contributed by atoms with E-state index in [1.807, 2.05) is 27.1 Å². The monoisotopic (exact) mass is 323 g/mol. The second-order valence-electron chi connectivity index (χ2n) is 6.01. The number of likely N-dealkylation sites (N-methyl/N-ethyl adjacent to an activating group) is 1. The Balaban J connectivity index is 2.14. The van der Waals surface area contributed by atoms with Crippen LogP contribution < -0.4 is 0 Å². The highest BCUT2D eigenvalue weighted by molar-refractivity contribution is 5.77. The summed E-state index contributed by atoms with van der Waals surface area (Å²) in [7, 11) is 3.99. The number of rotatable bonds is 4. The Kier molecular flexibility index (Phi) is 4.28. The van der Waals surface area contributed by atoms with Gasteiger partial charge in [-0.1, -0.05) is 12.1 Å². The molecule has 0 aliphatic rings. The maximum atomic E-state index is 13.2. The van der Waals surface area contributed by atoms with E-state index in [4.69, 9.17) is 0 Å². The molecule has 0 N–H and O–H groups in total. The van der Waals surface area contributed by atoms with Crippen LogP contribution in [0.4, 0.5) is 4.39 Å². The molecule has 24 heavy (non-hydrogen) atoms. The van der Waals surface area contributed by atoms with Gasteiger partial charge in [0.2, 0.25) is 0 Å². The minimum absolute atomic E-state index is 0.302. The third kappa shape index (κ3) is 2.99. The Morgan fingerprint density at radius 3 is 2.58 bits per heavy atom. The first kappa shape index (κ1) is 16.1. The molecular formula is C18H18FN5. The van der Waals surface area contributed by atoms with Gasteiger partial charge in [-0.25, -0.2) is 13.9 Å². The van der Waals surface area contributed by atoms with Crippen LogP contribution in [0.15, 0.2) is 30.3 Å². The van der Waals surface area contributed by atoms with Crippen molar-refractivity contribution >= 4 is 5.65 Å². The molecule has 5 nitrogen and oxygen atoms in total. The number of halogens is 1. The summed E-state index contributed by atoms with van der Waals surface area (Å²) in [6.07, 6.45) is 0.713. The van der Waals surface area contributed by atoms with Gasteiger partial charge < -0.3 is 4.90 Å². The Morgan fingerprint density at radius 1 is 1.25 bits per heavy atom. The van der Waals surface area contributed by atoms with Crippen LogP contribution in [0.2, 0.25) is 0 Å². The molecule has 0 spiro atoms. The van der Waals surface area contributed by atoms with Crippen LogP contribution in [0, 0.1) is 24.1 Å².